The van der Waals surface area contributed by atoms with E-state index < -0.39 is 5.54 Å². The van der Waals surface area contributed by atoms with Crippen LogP contribution in [0.3, 0.4) is 0 Å². The molecule has 1 aliphatic carbocycles. The molecule has 3 aromatic rings. The first-order chi connectivity index (χ1) is 15.9. The summed E-state index contributed by atoms with van der Waals surface area (Å²) in [6.07, 6.45) is 4.14. The molecular formula is C25H28N4O2S2. The number of rotatable bonds is 7. The molecule has 1 fully saturated rings. The van der Waals surface area contributed by atoms with E-state index in [0.29, 0.717) is 29.9 Å². The van der Waals surface area contributed by atoms with E-state index in [4.69, 9.17) is 4.98 Å². The number of thiophene rings is 1. The van der Waals surface area contributed by atoms with E-state index in [-0.39, 0.29) is 17.2 Å². The first-order valence-electron chi connectivity index (χ1n) is 11.3. The largest absolute Gasteiger partial charge is 0.337 e. The van der Waals surface area contributed by atoms with Crippen LogP contribution in [0.4, 0.5) is 0 Å². The van der Waals surface area contributed by atoms with Gasteiger partial charge in [-0.15, -0.1) is 11.3 Å². The number of aryl methyl sites for hydroxylation is 3. The van der Waals surface area contributed by atoms with Gasteiger partial charge in [0.15, 0.2) is 5.16 Å². The molecule has 0 spiro atoms. The quantitative estimate of drug-likeness (QED) is 0.390. The second kappa shape index (κ2) is 9.70. The van der Waals surface area contributed by atoms with Gasteiger partial charge in [-0.25, -0.2) is 4.98 Å². The van der Waals surface area contributed by atoms with Crippen LogP contribution < -0.4 is 10.9 Å². The minimum atomic E-state index is -0.752. The van der Waals surface area contributed by atoms with E-state index >= 15 is 0 Å². The van der Waals surface area contributed by atoms with E-state index in [1.807, 2.05) is 38.1 Å². The van der Waals surface area contributed by atoms with Crippen LogP contribution >= 0.6 is 23.1 Å². The highest BCUT2D eigenvalue weighted by Crippen LogP contribution is 2.31. The number of nitrogens with one attached hydrogen (secondary N) is 1. The van der Waals surface area contributed by atoms with Crippen LogP contribution in [0, 0.1) is 25.2 Å². The normalized spacial score (nSPS) is 15.0. The lowest BCUT2D eigenvalue weighted by atomic mass is 10.0. The number of amides is 1. The molecule has 2 heterocycles. The molecule has 8 heteroatoms. The van der Waals surface area contributed by atoms with E-state index in [0.717, 1.165) is 45.7 Å². The summed E-state index contributed by atoms with van der Waals surface area (Å²) in [6, 6.07) is 10.4. The maximum Gasteiger partial charge on any atom is 0.263 e. The Labute approximate surface area is 202 Å². The number of thioether (sulfide) groups is 1. The third-order valence-corrected chi connectivity index (χ3v) is 8.59. The molecule has 1 saturated carbocycles. The molecule has 2 aromatic heterocycles. The van der Waals surface area contributed by atoms with Crippen LogP contribution in [-0.4, -0.2) is 26.8 Å². The molecule has 0 radical (unpaired) electrons. The van der Waals surface area contributed by atoms with Crippen LogP contribution in [0.5, 0.6) is 0 Å². The Balaban J connectivity index is 1.66. The van der Waals surface area contributed by atoms with Crippen LogP contribution in [0.15, 0.2) is 34.2 Å². The number of aromatic nitrogens is 2. The average molecular weight is 481 g/mol. The standard InChI is InChI=1S/C25H28N4O2S2/c1-4-19-17(3)21-22(33-19)27-24(29(23(21)31)13-18-9-7-16(2)8-10-18)32-14-20(30)28-25(15-26)11-5-6-12-25/h7-10H,4-6,11-14H2,1-3H3,(H,28,30). The molecule has 0 aliphatic heterocycles. The van der Waals surface area contributed by atoms with Crippen molar-refractivity contribution >= 4 is 39.2 Å². The molecule has 1 N–H and O–H groups in total. The zero-order valence-electron chi connectivity index (χ0n) is 19.2. The Morgan fingerprint density at radius 2 is 1.97 bits per heavy atom. The Morgan fingerprint density at radius 3 is 2.61 bits per heavy atom. The number of fused-ring (bicyclic) bond motifs is 1. The number of nitriles is 1. The molecule has 172 valence electrons. The maximum atomic E-state index is 13.6. The lowest BCUT2D eigenvalue weighted by Gasteiger charge is -2.22. The summed E-state index contributed by atoms with van der Waals surface area (Å²) in [7, 11) is 0. The van der Waals surface area contributed by atoms with E-state index in [2.05, 4.69) is 18.3 Å². The van der Waals surface area contributed by atoms with Gasteiger partial charge in [0, 0.05) is 4.88 Å². The Bertz CT molecular complexity index is 1280. The van der Waals surface area contributed by atoms with Gasteiger partial charge in [0.05, 0.1) is 23.8 Å². The molecule has 1 aromatic carbocycles. The van der Waals surface area contributed by atoms with Crippen LogP contribution in [0.1, 0.15) is 54.2 Å². The predicted molar refractivity (Wildman–Crippen MR) is 134 cm³/mol. The molecule has 4 rings (SSSR count). The first kappa shape index (κ1) is 23.5. The van der Waals surface area contributed by atoms with Gasteiger partial charge in [0.1, 0.15) is 10.4 Å². The van der Waals surface area contributed by atoms with Gasteiger partial charge < -0.3 is 5.32 Å². The van der Waals surface area contributed by atoms with Gasteiger partial charge in [-0.05, 0) is 57.1 Å². The number of benzene rings is 1. The number of hydrogen-bond acceptors (Lipinski definition) is 6. The second-order valence-electron chi connectivity index (χ2n) is 8.69. The summed E-state index contributed by atoms with van der Waals surface area (Å²) in [4.78, 5) is 33.0. The third kappa shape index (κ3) is 4.85. The fraction of sp³-hybridized carbons (Fsp3) is 0.440. The highest BCUT2D eigenvalue weighted by atomic mass is 32.2. The van der Waals surface area contributed by atoms with Gasteiger partial charge in [0.25, 0.3) is 5.56 Å². The van der Waals surface area contributed by atoms with Crippen molar-refractivity contribution in [3.8, 4) is 6.07 Å². The topological polar surface area (TPSA) is 87.8 Å². The Morgan fingerprint density at radius 1 is 1.27 bits per heavy atom. The molecule has 0 atom stereocenters. The molecule has 1 amide bonds. The van der Waals surface area contributed by atoms with Crippen molar-refractivity contribution in [1.29, 1.82) is 5.26 Å². The lowest BCUT2D eigenvalue weighted by Crippen LogP contribution is -2.45. The molecule has 1 aliphatic rings. The van der Waals surface area contributed by atoms with Crippen molar-refractivity contribution in [2.45, 2.75) is 70.1 Å². The SMILES string of the molecule is CCc1sc2nc(SCC(=O)NC3(C#N)CCCC3)n(Cc3ccc(C)cc3)c(=O)c2c1C. The first-order valence-corrected chi connectivity index (χ1v) is 13.1. The minimum Gasteiger partial charge on any atom is -0.337 e. The van der Waals surface area contributed by atoms with Gasteiger partial charge in [-0.1, -0.05) is 48.5 Å². The zero-order valence-corrected chi connectivity index (χ0v) is 20.9. The van der Waals surface area contributed by atoms with Gasteiger partial charge in [0.2, 0.25) is 5.91 Å². The summed E-state index contributed by atoms with van der Waals surface area (Å²) in [6.45, 7) is 6.49. The molecule has 6 nitrogen and oxygen atoms in total. The van der Waals surface area contributed by atoms with Crippen molar-refractivity contribution in [2.24, 2.45) is 0 Å². The summed E-state index contributed by atoms with van der Waals surface area (Å²) in [5.41, 5.74) is 2.34. The van der Waals surface area contributed by atoms with Crippen molar-refractivity contribution in [3.63, 3.8) is 0 Å². The fourth-order valence-electron chi connectivity index (χ4n) is 4.38. The molecular weight excluding hydrogens is 452 g/mol. The number of carbonyl (C=O) groups excluding carboxylic acids is 1. The summed E-state index contributed by atoms with van der Waals surface area (Å²) in [5, 5.41) is 13.7. The van der Waals surface area contributed by atoms with Crippen LogP contribution in [0.2, 0.25) is 0 Å². The monoisotopic (exact) mass is 480 g/mol. The van der Waals surface area contributed by atoms with E-state index in [1.54, 1.807) is 15.9 Å². The predicted octanol–water partition coefficient (Wildman–Crippen LogP) is 4.73. The smallest absolute Gasteiger partial charge is 0.263 e. The summed E-state index contributed by atoms with van der Waals surface area (Å²) >= 11 is 2.81. The average Bonchev–Trinajstić information content (AvgIpc) is 3.40. The van der Waals surface area contributed by atoms with Crippen molar-refractivity contribution < 1.29 is 4.79 Å². The zero-order chi connectivity index (χ0) is 23.6. The Kier molecular flexibility index (Phi) is 6.91. The molecule has 0 bridgehead atoms. The summed E-state index contributed by atoms with van der Waals surface area (Å²) in [5.74, 6) is -0.0865. The number of nitrogens with zero attached hydrogens (tertiary/aromatic N) is 3. The maximum absolute atomic E-state index is 13.6. The summed E-state index contributed by atoms with van der Waals surface area (Å²) < 4.78 is 1.68. The van der Waals surface area contributed by atoms with Gasteiger partial charge in [-0.2, -0.15) is 5.26 Å². The molecule has 33 heavy (non-hydrogen) atoms. The molecule has 0 unspecified atom stereocenters. The second-order valence-corrected chi connectivity index (χ2v) is 10.7. The van der Waals surface area contributed by atoms with Crippen molar-refractivity contribution in [3.05, 3.63) is 56.2 Å². The highest BCUT2D eigenvalue weighted by molar-refractivity contribution is 7.99. The Hall–Kier alpha value is -2.63. The van der Waals surface area contributed by atoms with Gasteiger partial charge >= 0.3 is 0 Å². The van der Waals surface area contributed by atoms with Crippen LogP contribution in [0.25, 0.3) is 10.2 Å². The molecule has 0 saturated heterocycles. The van der Waals surface area contributed by atoms with Crippen molar-refractivity contribution in [2.75, 3.05) is 5.75 Å². The number of carbonyl (C=O) groups is 1. The van der Waals surface area contributed by atoms with Gasteiger partial charge in [-0.3, -0.25) is 14.2 Å². The lowest BCUT2D eigenvalue weighted by molar-refractivity contribution is -0.119. The highest BCUT2D eigenvalue weighted by Gasteiger charge is 2.35. The van der Waals surface area contributed by atoms with Crippen LogP contribution in [-0.2, 0) is 17.8 Å². The fourth-order valence-corrected chi connectivity index (χ4v) is 6.34. The minimum absolute atomic E-state index is 0.0683. The van der Waals surface area contributed by atoms with E-state index in [1.165, 1.54) is 11.8 Å². The third-order valence-electron chi connectivity index (χ3n) is 6.28. The van der Waals surface area contributed by atoms with Crippen molar-refractivity contribution in [1.82, 2.24) is 14.9 Å². The number of hydrogen-bond donors (Lipinski definition) is 1. The van der Waals surface area contributed by atoms with E-state index in [9.17, 15) is 14.9 Å².